The number of alkyl halides is 1. The average Bonchev–Trinajstić information content (AvgIpc) is 2.04. The fraction of sp³-hybridized carbons (Fsp3) is 1.00. The van der Waals surface area contributed by atoms with Crippen LogP contribution in [0.5, 0.6) is 0 Å². The maximum atomic E-state index is 5.69. The molecule has 74 valence electrons. The summed E-state index contributed by atoms with van der Waals surface area (Å²) < 4.78 is 11.8. The van der Waals surface area contributed by atoms with Crippen LogP contribution in [0.1, 0.15) is 27.2 Å². The van der Waals surface area contributed by atoms with Crippen molar-refractivity contribution in [2.24, 2.45) is 0 Å². The summed E-state index contributed by atoms with van der Waals surface area (Å²) in [5.41, 5.74) is 0. The Morgan fingerprint density at radius 2 is 1.58 bits per heavy atom. The lowest BCUT2D eigenvalue weighted by Crippen LogP contribution is -2.47. The molecule has 0 aliphatic carbocycles. The molecule has 0 aliphatic rings. The van der Waals surface area contributed by atoms with Gasteiger partial charge in [-0.1, -0.05) is 22.9 Å². The van der Waals surface area contributed by atoms with Crippen LogP contribution in [-0.4, -0.2) is 26.2 Å². The minimum Gasteiger partial charge on any atom is -0.394 e. The highest BCUT2D eigenvalue weighted by molar-refractivity contribution is 9.10. The first-order valence-corrected chi connectivity index (χ1v) is 7.83. The van der Waals surface area contributed by atoms with E-state index >= 15 is 0 Å². The molecule has 0 heterocycles. The first kappa shape index (κ1) is 12.6. The predicted octanol–water partition coefficient (Wildman–Crippen LogP) is 2.84. The van der Waals surface area contributed by atoms with Gasteiger partial charge in [-0.3, -0.25) is 0 Å². The summed E-state index contributed by atoms with van der Waals surface area (Å²) in [6, 6.07) is 0. The van der Waals surface area contributed by atoms with Gasteiger partial charge in [-0.2, -0.15) is 0 Å². The van der Waals surface area contributed by atoms with E-state index in [2.05, 4.69) is 29.4 Å². The molecule has 0 amide bonds. The van der Waals surface area contributed by atoms with Crippen LogP contribution in [-0.2, 0) is 8.85 Å². The molecule has 4 heteroatoms. The molecule has 1 atom stereocenters. The van der Waals surface area contributed by atoms with Crippen molar-refractivity contribution >= 4 is 24.5 Å². The van der Waals surface area contributed by atoms with Crippen molar-refractivity contribution in [3.63, 3.8) is 0 Å². The van der Waals surface area contributed by atoms with Crippen molar-refractivity contribution in [1.82, 2.24) is 0 Å². The molecule has 0 bridgehead atoms. The third kappa shape index (κ3) is 3.56. The highest BCUT2D eigenvalue weighted by Crippen LogP contribution is 2.22. The highest BCUT2D eigenvalue weighted by atomic mass is 79.9. The third-order valence-corrected chi connectivity index (χ3v) is 8.20. The molecule has 0 radical (unpaired) electrons. The van der Waals surface area contributed by atoms with Crippen molar-refractivity contribution < 1.29 is 8.85 Å². The summed E-state index contributed by atoms with van der Waals surface area (Å²) in [6.07, 6.45) is 1.06. The van der Waals surface area contributed by atoms with Gasteiger partial charge in [0, 0.05) is 13.2 Å². The molecule has 2 nitrogen and oxygen atoms in total. The second-order valence-corrected chi connectivity index (χ2v) is 8.01. The van der Waals surface area contributed by atoms with Crippen LogP contribution in [0.2, 0.25) is 6.55 Å². The molecule has 0 fully saturated rings. The number of rotatable bonds is 6. The lowest BCUT2D eigenvalue weighted by Gasteiger charge is -2.29. The first-order valence-electron chi connectivity index (χ1n) is 4.52. The Bertz CT molecular complexity index is 116. The van der Waals surface area contributed by atoms with E-state index in [0.717, 1.165) is 19.6 Å². The van der Waals surface area contributed by atoms with E-state index in [1.165, 1.54) is 0 Å². The Kier molecular flexibility index (Phi) is 6.44. The van der Waals surface area contributed by atoms with Gasteiger partial charge in [0.25, 0.3) is 0 Å². The Morgan fingerprint density at radius 3 is 1.83 bits per heavy atom. The van der Waals surface area contributed by atoms with E-state index in [9.17, 15) is 0 Å². The van der Waals surface area contributed by atoms with Gasteiger partial charge in [-0.25, -0.2) is 0 Å². The Balaban J connectivity index is 4.15. The van der Waals surface area contributed by atoms with Crippen molar-refractivity contribution in [2.45, 2.75) is 38.2 Å². The van der Waals surface area contributed by atoms with E-state index in [1.54, 1.807) is 0 Å². The SMILES string of the molecule is CCO[Si](C)(OCC)C(Br)CC. The highest BCUT2D eigenvalue weighted by Gasteiger charge is 2.37. The van der Waals surface area contributed by atoms with Crippen LogP contribution in [0.25, 0.3) is 0 Å². The van der Waals surface area contributed by atoms with Gasteiger partial charge in [-0.15, -0.1) is 0 Å². The second-order valence-electron chi connectivity index (χ2n) is 2.76. The Hall–Kier alpha value is 0.617. The molecule has 0 aliphatic heterocycles. The smallest absolute Gasteiger partial charge is 0.349 e. The van der Waals surface area contributed by atoms with Crippen LogP contribution in [0.15, 0.2) is 0 Å². The van der Waals surface area contributed by atoms with Crippen molar-refractivity contribution in [1.29, 1.82) is 0 Å². The molecule has 12 heavy (non-hydrogen) atoms. The zero-order valence-electron chi connectivity index (χ0n) is 8.39. The van der Waals surface area contributed by atoms with Gasteiger partial charge >= 0.3 is 8.56 Å². The topological polar surface area (TPSA) is 18.5 Å². The standard InChI is InChI=1S/C8H19BrO2Si/c1-5-8(9)12(4,10-6-2)11-7-3/h8H,5-7H2,1-4H3. The normalized spacial score (nSPS) is 14.8. The second kappa shape index (κ2) is 6.13. The summed E-state index contributed by atoms with van der Waals surface area (Å²) in [6.45, 7) is 9.76. The Morgan fingerprint density at radius 1 is 1.17 bits per heavy atom. The summed E-state index contributed by atoms with van der Waals surface area (Å²) in [4.78, 5) is 0. The van der Waals surface area contributed by atoms with Gasteiger partial charge in [0.1, 0.15) is 0 Å². The minimum atomic E-state index is -1.94. The molecule has 0 aromatic carbocycles. The lowest BCUT2D eigenvalue weighted by molar-refractivity contribution is 0.187. The summed E-state index contributed by atoms with van der Waals surface area (Å²) in [5, 5.41) is 0. The lowest BCUT2D eigenvalue weighted by atomic mass is 10.6. The molecule has 0 saturated heterocycles. The van der Waals surface area contributed by atoms with E-state index in [1.807, 2.05) is 13.8 Å². The number of hydrogen-bond acceptors (Lipinski definition) is 2. The van der Waals surface area contributed by atoms with Crippen LogP contribution in [0, 0.1) is 0 Å². The molecular weight excluding hydrogens is 236 g/mol. The average molecular weight is 255 g/mol. The molecule has 0 N–H and O–H groups in total. The van der Waals surface area contributed by atoms with E-state index < -0.39 is 8.56 Å². The van der Waals surface area contributed by atoms with Crippen molar-refractivity contribution in [3.8, 4) is 0 Å². The van der Waals surface area contributed by atoms with E-state index in [0.29, 0.717) is 4.45 Å². The summed E-state index contributed by atoms with van der Waals surface area (Å²) in [7, 11) is -1.94. The van der Waals surface area contributed by atoms with E-state index in [4.69, 9.17) is 8.85 Å². The summed E-state index contributed by atoms with van der Waals surface area (Å²) >= 11 is 3.61. The maximum Gasteiger partial charge on any atom is 0.349 e. The van der Waals surface area contributed by atoms with Gasteiger partial charge in [-0.05, 0) is 26.8 Å². The van der Waals surface area contributed by atoms with Crippen LogP contribution >= 0.6 is 15.9 Å². The Labute approximate surface area is 85.0 Å². The predicted molar refractivity (Wildman–Crippen MR) is 57.9 cm³/mol. The van der Waals surface area contributed by atoms with Crippen LogP contribution in [0.3, 0.4) is 0 Å². The van der Waals surface area contributed by atoms with E-state index in [-0.39, 0.29) is 0 Å². The molecular formula is C8H19BrO2Si. The monoisotopic (exact) mass is 254 g/mol. The first-order chi connectivity index (χ1) is 5.60. The molecule has 1 unspecified atom stereocenters. The van der Waals surface area contributed by atoms with Crippen LogP contribution in [0.4, 0.5) is 0 Å². The van der Waals surface area contributed by atoms with Crippen molar-refractivity contribution in [3.05, 3.63) is 0 Å². The fourth-order valence-corrected chi connectivity index (χ4v) is 4.29. The quantitative estimate of drug-likeness (QED) is 0.536. The molecule has 0 aromatic rings. The zero-order valence-corrected chi connectivity index (χ0v) is 11.0. The van der Waals surface area contributed by atoms with Crippen LogP contribution < -0.4 is 0 Å². The van der Waals surface area contributed by atoms with Gasteiger partial charge < -0.3 is 8.85 Å². The zero-order chi connectivity index (χ0) is 9.61. The van der Waals surface area contributed by atoms with Crippen molar-refractivity contribution in [2.75, 3.05) is 13.2 Å². The molecule has 0 rings (SSSR count). The largest absolute Gasteiger partial charge is 0.394 e. The van der Waals surface area contributed by atoms with Gasteiger partial charge in [0.2, 0.25) is 0 Å². The number of halogens is 1. The molecule has 0 saturated carbocycles. The summed E-state index contributed by atoms with van der Waals surface area (Å²) in [5.74, 6) is 0. The number of hydrogen-bond donors (Lipinski definition) is 0. The molecule has 0 aromatic heterocycles. The maximum absolute atomic E-state index is 5.69. The fourth-order valence-electron chi connectivity index (χ4n) is 1.17. The van der Waals surface area contributed by atoms with Gasteiger partial charge in [0.15, 0.2) is 0 Å². The molecule has 0 spiro atoms. The minimum absolute atomic E-state index is 0.393. The third-order valence-electron chi connectivity index (χ3n) is 1.79. The van der Waals surface area contributed by atoms with Gasteiger partial charge in [0.05, 0.1) is 4.45 Å².